The summed E-state index contributed by atoms with van der Waals surface area (Å²) in [6.45, 7) is 2.07. The van der Waals surface area contributed by atoms with Crippen LogP contribution in [-0.2, 0) is 23.9 Å². The number of esters is 1. The van der Waals surface area contributed by atoms with E-state index in [-0.39, 0.29) is 29.8 Å². The fourth-order valence-electron chi connectivity index (χ4n) is 2.06. The summed E-state index contributed by atoms with van der Waals surface area (Å²) in [7, 11) is 0. The molecule has 1 amide bonds. The monoisotopic (exact) mass is 301 g/mol. The lowest BCUT2D eigenvalue weighted by Gasteiger charge is -2.33. The Labute approximate surface area is 119 Å². The Morgan fingerprint density at radius 3 is 2.95 bits per heavy atom. The Morgan fingerprint density at radius 1 is 1.60 bits per heavy atom. The number of carbonyl (C=O) groups is 3. The van der Waals surface area contributed by atoms with Gasteiger partial charge in [0.1, 0.15) is 5.76 Å². The number of ether oxygens (including phenoxy) is 2. The summed E-state index contributed by atoms with van der Waals surface area (Å²) in [5.41, 5.74) is 0. The summed E-state index contributed by atoms with van der Waals surface area (Å²) >= 11 is 1.30. The van der Waals surface area contributed by atoms with Crippen LogP contribution < -0.4 is 0 Å². The highest BCUT2D eigenvalue weighted by Crippen LogP contribution is 2.36. The Bertz CT molecular complexity index is 463. The molecular weight excluding hydrogens is 286 g/mol. The lowest BCUT2D eigenvalue weighted by molar-refractivity contribution is -0.163. The van der Waals surface area contributed by atoms with Crippen LogP contribution in [0.15, 0.2) is 11.8 Å². The number of nitrogens with zero attached hydrogens (tertiary/aromatic N) is 1. The summed E-state index contributed by atoms with van der Waals surface area (Å²) in [6.07, 6.45) is 1.37. The van der Waals surface area contributed by atoms with E-state index in [1.54, 1.807) is 13.0 Å². The minimum atomic E-state index is -1.11. The van der Waals surface area contributed by atoms with Gasteiger partial charge in [-0.05, 0) is 13.0 Å². The molecule has 20 heavy (non-hydrogen) atoms. The summed E-state index contributed by atoms with van der Waals surface area (Å²) < 4.78 is 10.2. The van der Waals surface area contributed by atoms with Gasteiger partial charge in [-0.2, -0.15) is 0 Å². The second-order valence-corrected chi connectivity index (χ2v) is 5.28. The van der Waals surface area contributed by atoms with Gasteiger partial charge in [0.25, 0.3) is 0 Å². The van der Waals surface area contributed by atoms with Crippen LogP contribution in [0.25, 0.3) is 0 Å². The summed E-state index contributed by atoms with van der Waals surface area (Å²) in [5, 5.41) is 9.14. The molecule has 0 aromatic rings. The number of rotatable bonds is 6. The van der Waals surface area contributed by atoms with E-state index in [0.29, 0.717) is 12.4 Å². The van der Waals surface area contributed by atoms with Gasteiger partial charge in [-0.3, -0.25) is 14.5 Å². The molecule has 0 spiro atoms. The van der Waals surface area contributed by atoms with Crippen molar-refractivity contribution in [3.05, 3.63) is 11.8 Å². The number of carbonyl (C=O) groups excluding carboxylic acids is 2. The van der Waals surface area contributed by atoms with Crippen molar-refractivity contribution in [1.29, 1.82) is 0 Å². The van der Waals surface area contributed by atoms with E-state index < -0.39 is 18.2 Å². The first-order valence-corrected chi connectivity index (χ1v) is 7.34. The second kappa shape index (κ2) is 6.17. The van der Waals surface area contributed by atoms with Crippen LogP contribution in [0.5, 0.6) is 0 Å². The highest BCUT2D eigenvalue weighted by molar-refractivity contribution is 8.00. The predicted octanol–water partition coefficient (Wildman–Crippen LogP) is 0.208. The number of β-lactam (4-membered cyclic amide) rings is 1. The standard InChI is InChI=1S/C12H15NO6S/c1-2-18-10(15)6-20-4-3-7-11(12(16)17)13-8(14)5-9(13)19-7/h3,9,11H,2,4-6H2,1H3,(H,16,17)/t9?,11-/m1/s1. The number of thioether (sulfide) groups is 1. The third kappa shape index (κ3) is 2.90. The number of carboxylic acids is 1. The maximum Gasteiger partial charge on any atom is 0.334 e. The van der Waals surface area contributed by atoms with Gasteiger partial charge < -0.3 is 14.6 Å². The van der Waals surface area contributed by atoms with Crippen LogP contribution in [0, 0.1) is 0 Å². The molecule has 2 atom stereocenters. The number of amides is 1. The van der Waals surface area contributed by atoms with Gasteiger partial charge in [-0.15, -0.1) is 11.8 Å². The zero-order chi connectivity index (χ0) is 14.7. The number of carboxylic acid groups (broad SMARTS) is 1. The first-order chi connectivity index (χ1) is 9.54. The van der Waals surface area contributed by atoms with Gasteiger partial charge in [-0.25, -0.2) is 4.79 Å². The van der Waals surface area contributed by atoms with Crippen LogP contribution in [0.2, 0.25) is 0 Å². The van der Waals surface area contributed by atoms with Crippen molar-refractivity contribution in [1.82, 2.24) is 4.90 Å². The Morgan fingerprint density at radius 2 is 2.35 bits per heavy atom. The molecule has 1 unspecified atom stereocenters. The van der Waals surface area contributed by atoms with Crippen LogP contribution in [-0.4, -0.2) is 58.2 Å². The first-order valence-electron chi connectivity index (χ1n) is 6.18. The number of hydrogen-bond acceptors (Lipinski definition) is 6. The molecule has 2 fully saturated rings. The molecule has 0 aromatic heterocycles. The van der Waals surface area contributed by atoms with Gasteiger partial charge >= 0.3 is 11.9 Å². The average molecular weight is 301 g/mol. The van der Waals surface area contributed by atoms with Gasteiger partial charge in [-0.1, -0.05) is 0 Å². The molecule has 2 aliphatic rings. The quantitative estimate of drug-likeness (QED) is 0.426. The Hall–Kier alpha value is -1.70. The minimum absolute atomic E-state index is 0.196. The molecule has 0 aliphatic carbocycles. The maximum atomic E-state index is 11.4. The topological polar surface area (TPSA) is 93.1 Å². The molecular formula is C12H15NO6S. The molecule has 2 aliphatic heterocycles. The van der Waals surface area contributed by atoms with Crippen molar-refractivity contribution in [2.45, 2.75) is 25.6 Å². The van der Waals surface area contributed by atoms with Crippen LogP contribution in [0.3, 0.4) is 0 Å². The lowest BCUT2D eigenvalue weighted by Crippen LogP contribution is -2.54. The van der Waals surface area contributed by atoms with E-state index >= 15 is 0 Å². The second-order valence-electron chi connectivity index (χ2n) is 4.25. The minimum Gasteiger partial charge on any atom is -0.479 e. The third-order valence-electron chi connectivity index (χ3n) is 2.93. The van der Waals surface area contributed by atoms with Gasteiger partial charge in [0.15, 0.2) is 12.3 Å². The summed E-state index contributed by atoms with van der Waals surface area (Å²) in [4.78, 5) is 34.9. The molecule has 0 aromatic carbocycles. The van der Waals surface area contributed by atoms with Crippen molar-refractivity contribution in [3.63, 3.8) is 0 Å². The van der Waals surface area contributed by atoms with E-state index in [0.717, 1.165) is 0 Å². The maximum absolute atomic E-state index is 11.4. The zero-order valence-electron chi connectivity index (χ0n) is 10.9. The molecule has 1 N–H and O–H groups in total. The number of aliphatic carboxylic acids is 1. The van der Waals surface area contributed by atoms with Gasteiger partial charge in [0.2, 0.25) is 5.91 Å². The molecule has 2 rings (SSSR count). The Kier molecular flexibility index (Phi) is 4.53. The molecule has 2 saturated heterocycles. The van der Waals surface area contributed by atoms with Crippen LogP contribution >= 0.6 is 11.8 Å². The van der Waals surface area contributed by atoms with Crippen molar-refractivity contribution in [2.24, 2.45) is 0 Å². The fraction of sp³-hybridized carbons (Fsp3) is 0.583. The van der Waals surface area contributed by atoms with Gasteiger partial charge in [0, 0.05) is 5.75 Å². The molecule has 7 nitrogen and oxygen atoms in total. The zero-order valence-corrected chi connectivity index (χ0v) is 11.7. The molecule has 0 saturated carbocycles. The fourth-order valence-corrected chi connectivity index (χ4v) is 2.70. The first kappa shape index (κ1) is 14.7. The van der Waals surface area contributed by atoms with E-state index in [9.17, 15) is 14.4 Å². The summed E-state index contributed by atoms with van der Waals surface area (Å²) in [6, 6.07) is -1.04. The van der Waals surface area contributed by atoms with Gasteiger partial charge in [0.05, 0.1) is 18.8 Å². The predicted molar refractivity (Wildman–Crippen MR) is 69.8 cm³/mol. The lowest BCUT2D eigenvalue weighted by atomic mass is 10.1. The summed E-state index contributed by atoms with van der Waals surface area (Å²) in [5.74, 6) is -0.748. The van der Waals surface area contributed by atoms with Crippen molar-refractivity contribution < 1.29 is 29.0 Å². The molecule has 8 heteroatoms. The van der Waals surface area contributed by atoms with Crippen molar-refractivity contribution in [3.8, 4) is 0 Å². The van der Waals surface area contributed by atoms with E-state index in [4.69, 9.17) is 14.6 Å². The normalized spacial score (nSPS) is 25.9. The largest absolute Gasteiger partial charge is 0.479 e. The number of hydrogen-bond donors (Lipinski definition) is 1. The molecule has 0 bridgehead atoms. The van der Waals surface area contributed by atoms with E-state index in [2.05, 4.69) is 0 Å². The van der Waals surface area contributed by atoms with E-state index in [1.807, 2.05) is 0 Å². The van der Waals surface area contributed by atoms with Crippen LogP contribution in [0.1, 0.15) is 13.3 Å². The highest BCUT2D eigenvalue weighted by Gasteiger charge is 2.53. The Balaban J connectivity index is 1.88. The van der Waals surface area contributed by atoms with Crippen molar-refractivity contribution >= 4 is 29.6 Å². The van der Waals surface area contributed by atoms with Crippen molar-refractivity contribution in [2.75, 3.05) is 18.1 Å². The van der Waals surface area contributed by atoms with Crippen LogP contribution in [0.4, 0.5) is 0 Å². The SMILES string of the molecule is CCOC(=O)CSCC=C1OC2CC(=O)N2[C@H]1C(=O)O. The third-order valence-corrected chi connectivity index (χ3v) is 3.77. The highest BCUT2D eigenvalue weighted by atomic mass is 32.2. The van der Waals surface area contributed by atoms with E-state index in [1.165, 1.54) is 16.7 Å². The molecule has 0 radical (unpaired) electrons. The average Bonchev–Trinajstić information content (AvgIpc) is 2.68. The molecule has 110 valence electrons. The number of fused-ring (bicyclic) bond motifs is 1. The molecule has 2 heterocycles. The smallest absolute Gasteiger partial charge is 0.334 e.